The Morgan fingerprint density at radius 2 is 1.76 bits per heavy atom. The summed E-state index contributed by atoms with van der Waals surface area (Å²) in [5.41, 5.74) is 0.392. The molecule has 138 valence electrons. The number of carbonyl (C=O) groups is 2. The molecule has 0 radical (unpaired) electrons. The van der Waals surface area contributed by atoms with Crippen molar-refractivity contribution in [2.75, 3.05) is 32.7 Å². The smallest absolute Gasteiger partial charge is 0.251 e. The zero-order valence-electron chi connectivity index (χ0n) is 14.9. The Bertz CT molecular complexity index is 629. The van der Waals surface area contributed by atoms with Crippen molar-refractivity contribution < 1.29 is 9.59 Å². The van der Waals surface area contributed by atoms with Crippen molar-refractivity contribution in [2.45, 2.75) is 26.8 Å². The third-order valence-corrected chi connectivity index (χ3v) is 5.27. The lowest BCUT2D eigenvalue weighted by atomic mass is 10.0. The minimum atomic E-state index is -0.560. The van der Waals surface area contributed by atoms with Gasteiger partial charge in [0.15, 0.2) is 0 Å². The van der Waals surface area contributed by atoms with Crippen LogP contribution >= 0.6 is 23.2 Å². The average Bonchev–Trinajstić information content (AvgIpc) is 2.61. The Balaban J connectivity index is 2.06. The van der Waals surface area contributed by atoms with Gasteiger partial charge in [-0.3, -0.25) is 9.59 Å². The molecule has 1 heterocycles. The van der Waals surface area contributed by atoms with Crippen LogP contribution in [0.25, 0.3) is 0 Å². The second-order valence-corrected chi connectivity index (χ2v) is 7.40. The minimum absolute atomic E-state index is 0.0107. The monoisotopic (exact) mass is 385 g/mol. The van der Waals surface area contributed by atoms with E-state index < -0.39 is 6.04 Å². The van der Waals surface area contributed by atoms with Crippen LogP contribution in [0.1, 0.15) is 31.1 Å². The summed E-state index contributed by atoms with van der Waals surface area (Å²) in [4.78, 5) is 29.5. The highest BCUT2D eigenvalue weighted by Gasteiger charge is 2.30. The zero-order chi connectivity index (χ0) is 18.6. The van der Waals surface area contributed by atoms with E-state index in [-0.39, 0.29) is 17.7 Å². The number of likely N-dealkylation sites (N-methyl/N-ethyl adjacent to an activating group) is 1. The lowest BCUT2D eigenvalue weighted by Crippen LogP contribution is -2.56. The van der Waals surface area contributed by atoms with Crippen LogP contribution in [0.15, 0.2) is 18.2 Å². The highest BCUT2D eigenvalue weighted by atomic mass is 35.5. The Kier molecular flexibility index (Phi) is 7.11. The molecular formula is C18H25Cl2N3O2. The maximum Gasteiger partial charge on any atom is 0.251 e. The molecule has 0 saturated carbocycles. The lowest BCUT2D eigenvalue weighted by Gasteiger charge is -2.36. The van der Waals surface area contributed by atoms with Crippen LogP contribution in [0.4, 0.5) is 0 Å². The van der Waals surface area contributed by atoms with E-state index in [1.54, 1.807) is 12.1 Å². The van der Waals surface area contributed by atoms with Crippen LogP contribution < -0.4 is 5.32 Å². The van der Waals surface area contributed by atoms with Gasteiger partial charge in [-0.2, -0.15) is 0 Å². The summed E-state index contributed by atoms with van der Waals surface area (Å²) >= 11 is 11.9. The molecular weight excluding hydrogens is 361 g/mol. The van der Waals surface area contributed by atoms with Gasteiger partial charge >= 0.3 is 0 Å². The van der Waals surface area contributed by atoms with Crippen LogP contribution in [0.5, 0.6) is 0 Å². The summed E-state index contributed by atoms with van der Waals surface area (Å²) in [6.07, 6.45) is 0. The van der Waals surface area contributed by atoms with Crippen molar-refractivity contribution in [1.82, 2.24) is 15.1 Å². The fraction of sp³-hybridized carbons (Fsp3) is 0.556. The number of carbonyl (C=O) groups excluding carboxylic acids is 2. The molecule has 0 bridgehead atoms. The van der Waals surface area contributed by atoms with Crippen molar-refractivity contribution in [2.24, 2.45) is 5.92 Å². The number of piperazine rings is 1. The normalized spacial score (nSPS) is 16.8. The van der Waals surface area contributed by atoms with Crippen molar-refractivity contribution in [3.8, 4) is 0 Å². The second-order valence-electron chi connectivity index (χ2n) is 6.58. The van der Waals surface area contributed by atoms with Crippen molar-refractivity contribution >= 4 is 35.0 Å². The summed E-state index contributed by atoms with van der Waals surface area (Å²) in [5, 5.41) is 3.57. The quantitative estimate of drug-likeness (QED) is 0.847. The van der Waals surface area contributed by atoms with Crippen LogP contribution in [0.2, 0.25) is 10.0 Å². The number of hydrogen-bond acceptors (Lipinski definition) is 3. The second kappa shape index (κ2) is 8.88. The third kappa shape index (κ3) is 5.09. The largest absolute Gasteiger partial charge is 0.340 e. The van der Waals surface area contributed by atoms with E-state index in [0.717, 1.165) is 19.6 Å². The summed E-state index contributed by atoms with van der Waals surface area (Å²) < 4.78 is 0. The standard InChI is InChI=1S/C18H25Cl2N3O2/c1-4-22-7-9-23(10-8-22)18(25)16(12(2)3)21-17(24)13-5-6-14(19)15(20)11-13/h5-6,11-12,16H,4,7-10H2,1-3H3,(H,21,24). The fourth-order valence-corrected chi connectivity index (χ4v) is 3.15. The van der Waals surface area contributed by atoms with Gasteiger partial charge in [0.05, 0.1) is 10.0 Å². The van der Waals surface area contributed by atoms with Crippen molar-refractivity contribution in [3.05, 3.63) is 33.8 Å². The number of nitrogens with zero attached hydrogens (tertiary/aromatic N) is 2. The van der Waals surface area contributed by atoms with Gasteiger partial charge < -0.3 is 15.1 Å². The van der Waals surface area contributed by atoms with Gasteiger partial charge in [-0.25, -0.2) is 0 Å². The summed E-state index contributed by atoms with van der Waals surface area (Å²) in [6.45, 7) is 10.1. The van der Waals surface area contributed by atoms with Gasteiger partial charge in [0.1, 0.15) is 6.04 Å². The molecule has 1 unspecified atom stereocenters. The van der Waals surface area contributed by atoms with Gasteiger partial charge in [0.25, 0.3) is 5.91 Å². The minimum Gasteiger partial charge on any atom is -0.340 e. The van der Waals surface area contributed by atoms with E-state index in [4.69, 9.17) is 23.2 Å². The number of nitrogens with one attached hydrogen (secondary N) is 1. The van der Waals surface area contributed by atoms with E-state index in [2.05, 4.69) is 17.1 Å². The summed E-state index contributed by atoms with van der Waals surface area (Å²) in [7, 11) is 0. The number of halogens is 2. The third-order valence-electron chi connectivity index (χ3n) is 4.53. The number of amides is 2. The summed E-state index contributed by atoms with van der Waals surface area (Å²) in [5.74, 6) is -0.361. The predicted molar refractivity (Wildman–Crippen MR) is 101 cm³/mol. The van der Waals surface area contributed by atoms with E-state index in [1.807, 2.05) is 18.7 Å². The van der Waals surface area contributed by atoms with Crippen LogP contribution in [-0.4, -0.2) is 60.4 Å². The number of rotatable bonds is 5. The van der Waals surface area contributed by atoms with E-state index in [9.17, 15) is 9.59 Å². The first-order chi connectivity index (χ1) is 11.8. The molecule has 1 saturated heterocycles. The van der Waals surface area contributed by atoms with E-state index >= 15 is 0 Å². The van der Waals surface area contributed by atoms with Gasteiger partial charge in [-0.1, -0.05) is 44.0 Å². The molecule has 0 spiro atoms. The first-order valence-corrected chi connectivity index (χ1v) is 9.36. The van der Waals surface area contributed by atoms with Crippen LogP contribution in [0.3, 0.4) is 0 Å². The van der Waals surface area contributed by atoms with Crippen molar-refractivity contribution in [3.63, 3.8) is 0 Å². The molecule has 0 aliphatic carbocycles. The molecule has 25 heavy (non-hydrogen) atoms. The first kappa shape index (κ1) is 20.0. The molecule has 0 aromatic heterocycles. The Morgan fingerprint density at radius 1 is 1.12 bits per heavy atom. The SMILES string of the molecule is CCN1CCN(C(=O)C(NC(=O)c2ccc(Cl)c(Cl)c2)C(C)C)CC1. The predicted octanol–water partition coefficient (Wildman–Crippen LogP) is 2.91. The highest BCUT2D eigenvalue weighted by Crippen LogP contribution is 2.22. The van der Waals surface area contributed by atoms with E-state index in [1.165, 1.54) is 6.07 Å². The molecule has 5 nitrogen and oxygen atoms in total. The number of benzene rings is 1. The molecule has 7 heteroatoms. The maximum atomic E-state index is 12.9. The first-order valence-electron chi connectivity index (χ1n) is 8.60. The maximum absolute atomic E-state index is 12.9. The number of hydrogen-bond donors (Lipinski definition) is 1. The molecule has 1 aliphatic rings. The Labute approximate surface area is 159 Å². The van der Waals surface area contributed by atoms with Gasteiger partial charge in [-0.15, -0.1) is 0 Å². The molecule has 2 rings (SSSR count). The van der Waals surface area contributed by atoms with Crippen LogP contribution in [0, 0.1) is 5.92 Å². The lowest BCUT2D eigenvalue weighted by molar-refractivity contribution is -0.136. The van der Waals surface area contributed by atoms with Gasteiger partial charge in [0.2, 0.25) is 5.91 Å². The molecule has 1 fully saturated rings. The fourth-order valence-electron chi connectivity index (χ4n) is 2.86. The Morgan fingerprint density at radius 3 is 2.28 bits per heavy atom. The van der Waals surface area contributed by atoms with Crippen LogP contribution in [-0.2, 0) is 4.79 Å². The van der Waals surface area contributed by atoms with Gasteiger partial charge in [0, 0.05) is 31.7 Å². The average molecular weight is 386 g/mol. The van der Waals surface area contributed by atoms with E-state index in [0.29, 0.717) is 28.7 Å². The van der Waals surface area contributed by atoms with Gasteiger partial charge in [-0.05, 0) is 30.7 Å². The summed E-state index contributed by atoms with van der Waals surface area (Å²) in [6, 6.07) is 4.14. The molecule has 1 N–H and O–H groups in total. The molecule has 1 aliphatic heterocycles. The molecule has 1 aromatic rings. The molecule has 2 amide bonds. The van der Waals surface area contributed by atoms with Crippen molar-refractivity contribution in [1.29, 1.82) is 0 Å². The molecule has 1 atom stereocenters. The Hall–Kier alpha value is -1.30. The molecule has 1 aromatic carbocycles. The zero-order valence-corrected chi connectivity index (χ0v) is 16.4. The topological polar surface area (TPSA) is 52.6 Å². The highest BCUT2D eigenvalue weighted by molar-refractivity contribution is 6.42.